The highest BCUT2D eigenvalue weighted by molar-refractivity contribution is 7.15. The van der Waals surface area contributed by atoms with Crippen molar-refractivity contribution in [1.82, 2.24) is 14.6 Å². The van der Waals surface area contributed by atoms with E-state index in [0.717, 1.165) is 22.4 Å². The zero-order chi connectivity index (χ0) is 18.8. The minimum atomic E-state index is -0.158. The Balaban J connectivity index is 1.69. The van der Waals surface area contributed by atoms with Gasteiger partial charge in [-0.25, -0.2) is 0 Å². The second kappa shape index (κ2) is 7.17. The van der Waals surface area contributed by atoms with Gasteiger partial charge in [0.05, 0.1) is 4.53 Å². The Morgan fingerprint density at radius 1 is 1.19 bits per heavy atom. The van der Waals surface area contributed by atoms with Crippen molar-refractivity contribution in [2.45, 2.75) is 6.92 Å². The van der Waals surface area contributed by atoms with Gasteiger partial charge in [0.25, 0.3) is 5.56 Å². The van der Waals surface area contributed by atoms with Gasteiger partial charge < -0.3 is 4.74 Å². The first-order valence-electron chi connectivity index (χ1n) is 8.47. The highest BCUT2D eigenvalue weighted by Gasteiger charge is 2.13. The normalized spacial score (nSPS) is 11.8. The summed E-state index contributed by atoms with van der Waals surface area (Å²) < 4.78 is 7.44. The van der Waals surface area contributed by atoms with Gasteiger partial charge in [0.1, 0.15) is 12.4 Å². The highest BCUT2D eigenvalue weighted by Crippen LogP contribution is 2.20. The molecule has 0 atom stereocenters. The van der Waals surface area contributed by atoms with Crippen LogP contribution in [0.25, 0.3) is 22.4 Å². The van der Waals surface area contributed by atoms with Gasteiger partial charge in [0.15, 0.2) is 5.82 Å². The number of hydrogen-bond donors (Lipinski definition) is 0. The molecule has 0 bridgehead atoms. The van der Waals surface area contributed by atoms with Gasteiger partial charge in [-0.15, -0.1) is 5.10 Å². The van der Waals surface area contributed by atoms with Crippen molar-refractivity contribution < 1.29 is 4.74 Å². The average Bonchev–Trinajstić information content (AvgIpc) is 3.21. The molecule has 0 N–H and O–H groups in total. The molecular weight excluding hydrogens is 358 g/mol. The van der Waals surface area contributed by atoms with Crippen LogP contribution in [0, 0.1) is 6.92 Å². The average molecular weight is 375 g/mol. The molecule has 0 aliphatic carbocycles. The fourth-order valence-electron chi connectivity index (χ4n) is 2.74. The maximum absolute atomic E-state index is 12.7. The smallest absolute Gasteiger partial charge is 0.291 e. The Morgan fingerprint density at radius 2 is 1.96 bits per heavy atom. The van der Waals surface area contributed by atoms with Crippen molar-refractivity contribution in [3.63, 3.8) is 0 Å². The first kappa shape index (κ1) is 17.2. The molecule has 0 saturated heterocycles. The molecule has 2 aromatic carbocycles. The van der Waals surface area contributed by atoms with E-state index < -0.39 is 0 Å². The lowest BCUT2D eigenvalue weighted by Gasteiger charge is -2.02. The molecule has 4 rings (SSSR count). The number of benzene rings is 2. The Bertz CT molecular complexity index is 1220. The molecule has 0 unspecified atom stereocenters. The van der Waals surface area contributed by atoms with E-state index in [-0.39, 0.29) is 5.56 Å². The molecular formula is C21H17N3O2S. The summed E-state index contributed by atoms with van der Waals surface area (Å²) >= 11 is 1.33. The minimum Gasteiger partial charge on any atom is -0.490 e. The second-order valence-corrected chi connectivity index (χ2v) is 7.04. The van der Waals surface area contributed by atoms with E-state index in [9.17, 15) is 4.79 Å². The Morgan fingerprint density at radius 3 is 2.67 bits per heavy atom. The van der Waals surface area contributed by atoms with E-state index in [4.69, 9.17) is 4.74 Å². The lowest BCUT2D eigenvalue weighted by Crippen LogP contribution is -2.23. The number of aryl methyl sites for hydroxylation is 1. The molecule has 0 radical (unpaired) electrons. The molecule has 27 heavy (non-hydrogen) atoms. The third-order valence-electron chi connectivity index (χ3n) is 4.11. The van der Waals surface area contributed by atoms with Crippen LogP contribution in [0.2, 0.25) is 0 Å². The molecule has 0 aliphatic heterocycles. The number of rotatable bonds is 5. The zero-order valence-corrected chi connectivity index (χ0v) is 15.6. The van der Waals surface area contributed by atoms with Crippen LogP contribution < -0.4 is 14.8 Å². The number of aromatic nitrogens is 3. The first-order chi connectivity index (χ1) is 13.2. The van der Waals surface area contributed by atoms with Crippen molar-refractivity contribution in [2.24, 2.45) is 0 Å². The van der Waals surface area contributed by atoms with E-state index >= 15 is 0 Å². The Labute approximate surface area is 159 Å². The Kier molecular flexibility index (Phi) is 4.56. The molecule has 0 spiro atoms. The standard InChI is InChI=1S/C21H17N3O2S/c1-3-12-26-16-10-8-15(9-11-16)13-18-20(25)24-21(27-18)22-19(23-24)17-7-5-4-6-14(17)2/h3-11,13H,1,12H2,2H3. The summed E-state index contributed by atoms with van der Waals surface area (Å²) in [6.45, 7) is 6.09. The van der Waals surface area contributed by atoms with E-state index in [0.29, 0.717) is 21.9 Å². The predicted octanol–water partition coefficient (Wildman–Crippen LogP) is 3.24. The summed E-state index contributed by atoms with van der Waals surface area (Å²) in [5.41, 5.74) is 2.78. The zero-order valence-electron chi connectivity index (χ0n) is 14.8. The fourth-order valence-corrected chi connectivity index (χ4v) is 3.65. The van der Waals surface area contributed by atoms with Gasteiger partial charge >= 0.3 is 0 Å². The van der Waals surface area contributed by atoms with Crippen LogP contribution in [-0.2, 0) is 0 Å². The third kappa shape index (κ3) is 3.39. The van der Waals surface area contributed by atoms with Crippen LogP contribution >= 0.6 is 11.3 Å². The molecule has 2 heterocycles. The minimum absolute atomic E-state index is 0.158. The van der Waals surface area contributed by atoms with E-state index in [2.05, 4.69) is 16.7 Å². The maximum Gasteiger partial charge on any atom is 0.291 e. The molecule has 6 heteroatoms. The number of nitrogens with zero attached hydrogens (tertiary/aromatic N) is 3. The van der Waals surface area contributed by atoms with Crippen LogP contribution in [0.3, 0.4) is 0 Å². The molecule has 2 aromatic heterocycles. The fraction of sp³-hybridized carbons (Fsp3) is 0.0952. The lowest BCUT2D eigenvalue weighted by atomic mass is 10.1. The number of thiazole rings is 1. The van der Waals surface area contributed by atoms with Gasteiger partial charge in [0.2, 0.25) is 4.96 Å². The largest absolute Gasteiger partial charge is 0.490 e. The summed E-state index contributed by atoms with van der Waals surface area (Å²) in [5.74, 6) is 1.34. The molecule has 4 aromatic rings. The summed E-state index contributed by atoms with van der Waals surface area (Å²) in [6.07, 6.45) is 3.54. The SMILES string of the molecule is C=CCOc1ccc(C=c2sc3nc(-c4ccccc4C)nn3c2=O)cc1. The summed E-state index contributed by atoms with van der Waals surface area (Å²) in [6, 6.07) is 15.4. The van der Waals surface area contributed by atoms with Crippen LogP contribution in [0.1, 0.15) is 11.1 Å². The van der Waals surface area contributed by atoms with Crippen LogP contribution in [0.4, 0.5) is 0 Å². The molecule has 0 amide bonds. The van der Waals surface area contributed by atoms with Crippen molar-refractivity contribution in [3.8, 4) is 17.1 Å². The first-order valence-corrected chi connectivity index (χ1v) is 9.28. The molecule has 5 nitrogen and oxygen atoms in total. The lowest BCUT2D eigenvalue weighted by molar-refractivity contribution is 0.363. The van der Waals surface area contributed by atoms with Crippen molar-refractivity contribution in [3.05, 3.63) is 87.2 Å². The summed E-state index contributed by atoms with van der Waals surface area (Å²) in [5, 5.41) is 4.41. The summed E-state index contributed by atoms with van der Waals surface area (Å²) in [7, 11) is 0. The van der Waals surface area contributed by atoms with E-state index in [1.165, 1.54) is 15.9 Å². The van der Waals surface area contributed by atoms with Gasteiger partial charge in [-0.1, -0.05) is 60.4 Å². The molecule has 0 saturated carbocycles. The highest BCUT2D eigenvalue weighted by atomic mass is 32.1. The predicted molar refractivity (Wildman–Crippen MR) is 108 cm³/mol. The van der Waals surface area contributed by atoms with Gasteiger partial charge in [-0.3, -0.25) is 4.79 Å². The monoisotopic (exact) mass is 375 g/mol. The third-order valence-corrected chi connectivity index (χ3v) is 5.07. The second-order valence-electron chi connectivity index (χ2n) is 6.03. The quantitative estimate of drug-likeness (QED) is 0.503. The number of ether oxygens (including phenoxy) is 1. The molecule has 0 aliphatic rings. The molecule has 0 fully saturated rings. The van der Waals surface area contributed by atoms with Gasteiger partial charge in [-0.2, -0.15) is 9.50 Å². The van der Waals surface area contributed by atoms with Crippen LogP contribution in [-0.4, -0.2) is 21.2 Å². The van der Waals surface area contributed by atoms with Gasteiger partial charge in [-0.05, 0) is 36.3 Å². The van der Waals surface area contributed by atoms with E-state index in [1.54, 1.807) is 6.08 Å². The molecule has 134 valence electrons. The van der Waals surface area contributed by atoms with Crippen molar-refractivity contribution in [2.75, 3.05) is 6.61 Å². The number of hydrogen-bond acceptors (Lipinski definition) is 5. The van der Waals surface area contributed by atoms with Gasteiger partial charge in [0, 0.05) is 5.56 Å². The van der Waals surface area contributed by atoms with Crippen LogP contribution in [0.15, 0.2) is 66.0 Å². The Hall–Kier alpha value is -3.25. The maximum atomic E-state index is 12.7. The van der Waals surface area contributed by atoms with Crippen molar-refractivity contribution in [1.29, 1.82) is 0 Å². The summed E-state index contributed by atoms with van der Waals surface area (Å²) in [4.78, 5) is 17.8. The van der Waals surface area contributed by atoms with E-state index in [1.807, 2.05) is 61.5 Å². The number of fused-ring (bicyclic) bond motifs is 1. The van der Waals surface area contributed by atoms with Crippen molar-refractivity contribution >= 4 is 22.4 Å². The van der Waals surface area contributed by atoms with Crippen LogP contribution in [0.5, 0.6) is 5.75 Å². The topological polar surface area (TPSA) is 56.5 Å².